The van der Waals surface area contributed by atoms with E-state index >= 15 is 0 Å². The van der Waals surface area contributed by atoms with Gasteiger partial charge in [0, 0.05) is 18.1 Å². The standard InChI is InChI=1S/C11H21NO.ClH/c1-3-13-10-8-9(12-2)11(10)6-4-5-7-11;/h9-10,12H,3-8H2,1-2H3;1H. The van der Waals surface area contributed by atoms with Crippen LogP contribution in [0.3, 0.4) is 0 Å². The van der Waals surface area contributed by atoms with Gasteiger partial charge in [-0.3, -0.25) is 0 Å². The molecule has 0 aromatic rings. The summed E-state index contributed by atoms with van der Waals surface area (Å²) in [4.78, 5) is 0. The maximum atomic E-state index is 5.81. The van der Waals surface area contributed by atoms with E-state index in [4.69, 9.17) is 4.74 Å². The first kappa shape index (κ1) is 12.3. The highest BCUT2D eigenvalue weighted by Gasteiger charge is 2.55. The molecule has 2 aliphatic rings. The van der Waals surface area contributed by atoms with Crippen LogP contribution in [0.4, 0.5) is 0 Å². The third kappa shape index (κ3) is 1.68. The van der Waals surface area contributed by atoms with E-state index in [0.29, 0.717) is 11.5 Å². The lowest BCUT2D eigenvalue weighted by atomic mass is 9.60. The van der Waals surface area contributed by atoms with Gasteiger partial charge in [-0.1, -0.05) is 12.8 Å². The fourth-order valence-corrected chi connectivity index (χ4v) is 3.29. The minimum absolute atomic E-state index is 0. The van der Waals surface area contributed by atoms with Gasteiger partial charge in [0.15, 0.2) is 0 Å². The summed E-state index contributed by atoms with van der Waals surface area (Å²) in [6.07, 6.45) is 7.35. The summed E-state index contributed by atoms with van der Waals surface area (Å²) in [7, 11) is 2.09. The van der Waals surface area contributed by atoms with E-state index in [1.54, 1.807) is 0 Å². The number of nitrogens with one attached hydrogen (secondary N) is 1. The van der Waals surface area contributed by atoms with Crippen molar-refractivity contribution in [3.8, 4) is 0 Å². The maximum Gasteiger partial charge on any atom is 0.0661 e. The first-order valence-corrected chi connectivity index (χ1v) is 5.62. The van der Waals surface area contributed by atoms with Crippen molar-refractivity contribution in [2.24, 2.45) is 5.41 Å². The normalized spacial score (nSPS) is 33.9. The highest BCUT2D eigenvalue weighted by atomic mass is 35.5. The fraction of sp³-hybridized carbons (Fsp3) is 1.00. The molecule has 0 aliphatic heterocycles. The van der Waals surface area contributed by atoms with Gasteiger partial charge in [-0.05, 0) is 33.2 Å². The lowest BCUT2D eigenvalue weighted by Gasteiger charge is -2.54. The van der Waals surface area contributed by atoms with E-state index < -0.39 is 0 Å². The molecular weight excluding hydrogens is 198 g/mol. The third-order valence-corrected chi connectivity index (χ3v) is 4.04. The van der Waals surface area contributed by atoms with E-state index in [1.807, 2.05) is 0 Å². The van der Waals surface area contributed by atoms with Crippen molar-refractivity contribution in [3.05, 3.63) is 0 Å². The molecule has 0 amide bonds. The van der Waals surface area contributed by atoms with Crippen LogP contribution in [0, 0.1) is 5.41 Å². The Labute approximate surface area is 93.2 Å². The molecule has 2 unspecified atom stereocenters. The van der Waals surface area contributed by atoms with Crippen molar-refractivity contribution in [2.45, 2.75) is 51.2 Å². The molecule has 0 aromatic heterocycles. The predicted molar refractivity (Wildman–Crippen MR) is 61.0 cm³/mol. The molecule has 84 valence electrons. The SMILES string of the molecule is CCOC1CC(NC)C12CCCC2.Cl. The van der Waals surface area contributed by atoms with Crippen molar-refractivity contribution in [2.75, 3.05) is 13.7 Å². The van der Waals surface area contributed by atoms with Crippen LogP contribution < -0.4 is 5.32 Å². The summed E-state index contributed by atoms with van der Waals surface area (Å²) in [6, 6.07) is 0.728. The number of hydrogen-bond acceptors (Lipinski definition) is 2. The number of halogens is 1. The van der Waals surface area contributed by atoms with Crippen LogP contribution >= 0.6 is 12.4 Å². The Morgan fingerprint density at radius 1 is 1.36 bits per heavy atom. The van der Waals surface area contributed by atoms with Gasteiger partial charge in [-0.2, -0.15) is 0 Å². The highest BCUT2D eigenvalue weighted by molar-refractivity contribution is 5.85. The van der Waals surface area contributed by atoms with Gasteiger partial charge in [0.1, 0.15) is 0 Å². The minimum atomic E-state index is 0. The summed E-state index contributed by atoms with van der Waals surface area (Å²) >= 11 is 0. The van der Waals surface area contributed by atoms with Crippen molar-refractivity contribution in [3.63, 3.8) is 0 Å². The Kier molecular flexibility index (Phi) is 4.23. The van der Waals surface area contributed by atoms with Crippen LogP contribution in [-0.2, 0) is 4.74 Å². The van der Waals surface area contributed by atoms with E-state index in [0.717, 1.165) is 12.6 Å². The van der Waals surface area contributed by atoms with Gasteiger partial charge in [0.2, 0.25) is 0 Å². The van der Waals surface area contributed by atoms with Crippen molar-refractivity contribution in [1.29, 1.82) is 0 Å². The van der Waals surface area contributed by atoms with Gasteiger partial charge in [-0.25, -0.2) is 0 Å². The summed E-state index contributed by atoms with van der Waals surface area (Å²) in [5.41, 5.74) is 0.519. The first-order valence-electron chi connectivity index (χ1n) is 5.62. The summed E-state index contributed by atoms with van der Waals surface area (Å²) < 4.78 is 5.81. The van der Waals surface area contributed by atoms with Crippen LogP contribution in [0.15, 0.2) is 0 Å². The second-order valence-electron chi connectivity index (χ2n) is 4.46. The molecule has 0 radical (unpaired) electrons. The molecule has 1 spiro atoms. The van der Waals surface area contributed by atoms with Gasteiger partial charge >= 0.3 is 0 Å². The Bertz CT molecular complexity index is 180. The first-order chi connectivity index (χ1) is 6.33. The van der Waals surface area contributed by atoms with Crippen LogP contribution in [0.1, 0.15) is 39.0 Å². The minimum Gasteiger partial charge on any atom is -0.378 e. The topological polar surface area (TPSA) is 21.3 Å². The van der Waals surface area contributed by atoms with Crippen LogP contribution in [-0.4, -0.2) is 25.8 Å². The molecule has 1 N–H and O–H groups in total. The van der Waals surface area contributed by atoms with E-state index in [2.05, 4.69) is 19.3 Å². The Hall–Kier alpha value is 0.210. The molecule has 0 aromatic carbocycles. The summed E-state index contributed by atoms with van der Waals surface area (Å²) in [5.74, 6) is 0. The number of hydrogen-bond donors (Lipinski definition) is 1. The molecule has 3 heteroatoms. The van der Waals surface area contributed by atoms with Crippen molar-refractivity contribution >= 4 is 12.4 Å². The average Bonchev–Trinajstić information content (AvgIpc) is 2.62. The van der Waals surface area contributed by atoms with Crippen LogP contribution in [0.2, 0.25) is 0 Å². The van der Waals surface area contributed by atoms with Gasteiger partial charge in [0.25, 0.3) is 0 Å². The predicted octanol–water partition coefficient (Wildman–Crippen LogP) is 2.37. The molecule has 2 rings (SSSR count). The summed E-state index contributed by atoms with van der Waals surface area (Å²) in [6.45, 7) is 2.98. The van der Waals surface area contributed by atoms with Crippen LogP contribution in [0.25, 0.3) is 0 Å². The molecular formula is C11H22ClNO. The molecule has 14 heavy (non-hydrogen) atoms. The molecule has 0 saturated heterocycles. The number of rotatable bonds is 3. The average molecular weight is 220 g/mol. The molecule has 2 fully saturated rings. The van der Waals surface area contributed by atoms with E-state index in [9.17, 15) is 0 Å². The lowest BCUT2D eigenvalue weighted by Crippen LogP contribution is -2.61. The molecule has 2 nitrogen and oxygen atoms in total. The Morgan fingerprint density at radius 3 is 2.50 bits per heavy atom. The molecule has 0 heterocycles. The van der Waals surface area contributed by atoms with Gasteiger partial charge in [0.05, 0.1) is 6.10 Å². The van der Waals surface area contributed by atoms with Crippen molar-refractivity contribution < 1.29 is 4.74 Å². The quantitative estimate of drug-likeness (QED) is 0.787. The summed E-state index contributed by atoms with van der Waals surface area (Å²) in [5, 5.41) is 3.44. The fourth-order valence-electron chi connectivity index (χ4n) is 3.29. The highest BCUT2D eigenvalue weighted by Crippen LogP contribution is 2.54. The van der Waals surface area contributed by atoms with Gasteiger partial charge < -0.3 is 10.1 Å². The van der Waals surface area contributed by atoms with E-state index in [1.165, 1.54) is 32.1 Å². The lowest BCUT2D eigenvalue weighted by molar-refractivity contribution is -0.128. The van der Waals surface area contributed by atoms with Gasteiger partial charge in [-0.15, -0.1) is 12.4 Å². The second-order valence-corrected chi connectivity index (χ2v) is 4.46. The second kappa shape index (κ2) is 4.82. The Balaban J connectivity index is 0.000000980. The molecule has 2 atom stereocenters. The van der Waals surface area contributed by atoms with Crippen LogP contribution in [0.5, 0.6) is 0 Å². The zero-order chi connectivity index (χ0) is 9.31. The van der Waals surface area contributed by atoms with E-state index in [-0.39, 0.29) is 12.4 Å². The smallest absolute Gasteiger partial charge is 0.0661 e. The Morgan fingerprint density at radius 2 is 2.00 bits per heavy atom. The largest absolute Gasteiger partial charge is 0.378 e. The zero-order valence-corrected chi connectivity index (χ0v) is 10.0. The monoisotopic (exact) mass is 219 g/mol. The maximum absolute atomic E-state index is 5.81. The number of ether oxygens (including phenoxy) is 1. The molecule has 0 bridgehead atoms. The zero-order valence-electron chi connectivity index (χ0n) is 9.21. The van der Waals surface area contributed by atoms with Crippen molar-refractivity contribution in [1.82, 2.24) is 5.32 Å². The molecule has 2 saturated carbocycles. The third-order valence-electron chi connectivity index (χ3n) is 4.04. The molecule has 2 aliphatic carbocycles.